The second-order valence-electron chi connectivity index (χ2n) is 7.12. The van der Waals surface area contributed by atoms with Crippen molar-refractivity contribution in [2.45, 2.75) is 57.2 Å². The molecular formula is C18H28N2O2S. The van der Waals surface area contributed by atoms with Gasteiger partial charge >= 0.3 is 6.09 Å². The first-order valence-corrected chi connectivity index (χ1v) is 9.21. The molecule has 0 spiro atoms. The van der Waals surface area contributed by atoms with Crippen molar-refractivity contribution < 1.29 is 9.53 Å². The summed E-state index contributed by atoms with van der Waals surface area (Å²) < 4.78 is 5.50. The van der Waals surface area contributed by atoms with E-state index in [2.05, 4.69) is 29.6 Å². The minimum Gasteiger partial charge on any atom is -0.444 e. The third-order valence-corrected chi connectivity index (χ3v) is 4.88. The first kappa shape index (κ1) is 18.1. The van der Waals surface area contributed by atoms with E-state index in [4.69, 9.17) is 4.74 Å². The lowest BCUT2D eigenvalue weighted by molar-refractivity contribution is 0.0192. The zero-order valence-corrected chi connectivity index (χ0v) is 15.6. The highest BCUT2D eigenvalue weighted by Crippen LogP contribution is 2.37. The summed E-state index contributed by atoms with van der Waals surface area (Å²) in [6, 6.07) is 9.00. The number of hydrogen-bond acceptors (Lipinski definition) is 4. The molecule has 1 atom stereocenters. The number of carbonyl (C=O) groups excluding carboxylic acids is 1. The second kappa shape index (κ2) is 7.58. The maximum atomic E-state index is 12.3. The van der Waals surface area contributed by atoms with Gasteiger partial charge in [0, 0.05) is 35.8 Å². The number of ether oxygens (including phenoxy) is 1. The molecular weight excluding hydrogens is 308 g/mol. The third-order valence-electron chi connectivity index (χ3n) is 3.69. The molecule has 0 saturated heterocycles. The van der Waals surface area contributed by atoms with Crippen LogP contribution in [0.4, 0.5) is 4.79 Å². The molecule has 1 unspecified atom stereocenters. The summed E-state index contributed by atoms with van der Waals surface area (Å²) >= 11 is 1.89. The Hall–Kier alpha value is -1.20. The Morgan fingerprint density at radius 2 is 2.09 bits per heavy atom. The number of nitrogens with zero attached hydrogens (tertiary/aromatic N) is 1. The van der Waals surface area contributed by atoms with E-state index in [0.29, 0.717) is 12.6 Å². The Morgan fingerprint density at radius 3 is 2.74 bits per heavy atom. The van der Waals surface area contributed by atoms with Crippen molar-refractivity contribution in [1.29, 1.82) is 0 Å². The number of fused-ring (bicyclic) bond motifs is 1. The molecule has 0 aliphatic carbocycles. The molecule has 1 aliphatic rings. The minimum absolute atomic E-state index is 0.122. The van der Waals surface area contributed by atoms with Crippen LogP contribution in [-0.2, 0) is 4.74 Å². The summed E-state index contributed by atoms with van der Waals surface area (Å²) in [5, 5.41) is 3.57. The van der Waals surface area contributed by atoms with Crippen LogP contribution in [0.25, 0.3) is 0 Å². The molecule has 0 aromatic heterocycles. The van der Waals surface area contributed by atoms with Crippen molar-refractivity contribution in [1.82, 2.24) is 10.2 Å². The zero-order valence-electron chi connectivity index (χ0n) is 14.8. The largest absolute Gasteiger partial charge is 0.444 e. The minimum atomic E-state index is -0.460. The van der Waals surface area contributed by atoms with Gasteiger partial charge in [-0.3, -0.25) is 0 Å². The van der Waals surface area contributed by atoms with E-state index in [9.17, 15) is 4.79 Å². The van der Waals surface area contributed by atoms with E-state index in [1.807, 2.05) is 46.4 Å². The van der Waals surface area contributed by atoms with Gasteiger partial charge in [0.05, 0.1) is 0 Å². The average Bonchev–Trinajstić information content (AvgIpc) is 2.84. The van der Waals surface area contributed by atoms with Crippen LogP contribution >= 0.6 is 11.8 Å². The van der Waals surface area contributed by atoms with Crippen LogP contribution in [0.5, 0.6) is 0 Å². The Bertz CT molecular complexity index is 540. The fraction of sp³-hybridized carbons (Fsp3) is 0.611. The highest BCUT2D eigenvalue weighted by Gasteiger charge is 2.25. The van der Waals surface area contributed by atoms with Crippen molar-refractivity contribution in [2.24, 2.45) is 0 Å². The van der Waals surface area contributed by atoms with Gasteiger partial charge < -0.3 is 15.0 Å². The molecule has 0 bridgehead atoms. The number of benzene rings is 1. The Balaban J connectivity index is 1.87. The molecule has 1 N–H and O–H groups in total. The standard InChI is InChI=1S/C18H28N2O2S/c1-13(2)20(17(21)22-18(3,4)5)11-10-19-15-12-23-16-9-7-6-8-14(15)16/h6-9,13,15,19H,10-12H2,1-5H3. The number of hydrogen-bond donors (Lipinski definition) is 1. The first-order chi connectivity index (χ1) is 10.8. The predicted octanol–water partition coefficient (Wildman–Crippen LogP) is 4.07. The molecule has 1 amide bonds. The van der Waals surface area contributed by atoms with Gasteiger partial charge in [-0.2, -0.15) is 0 Å². The van der Waals surface area contributed by atoms with E-state index < -0.39 is 5.60 Å². The van der Waals surface area contributed by atoms with Gasteiger partial charge in [0.2, 0.25) is 0 Å². The van der Waals surface area contributed by atoms with Gasteiger partial charge in [-0.1, -0.05) is 18.2 Å². The van der Waals surface area contributed by atoms with E-state index >= 15 is 0 Å². The highest BCUT2D eigenvalue weighted by molar-refractivity contribution is 7.99. The SMILES string of the molecule is CC(C)N(CCNC1CSc2ccccc21)C(=O)OC(C)(C)C. The van der Waals surface area contributed by atoms with Gasteiger partial charge in [-0.25, -0.2) is 4.79 Å². The van der Waals surface area contributed by atoms with Crippen molar-refractivity contribution in [3.63, 3.8) is 0 Å². The Labute approximate surface area is 144 Å². The van der Waals surface area contributed by atoms with Crippen LogP contribution < -0.4 is 5.32 Å². The summed E-state index contributed by atoms with van der Waals surface area (Å²) in [5.74, 6) is 1.05. The lowest BCUT2D eigenvalue weighted by atomic mass is 10.1. The molecule has 5 heteroatoms. The molecule has 0 radical (unpaired) electrons. The number of thioether (sulfide) groups is 1. The van der Waals surface area contributed by atoms with Gasteiger partial charge in [0.15, 0.2) is 0 Å². The van der Waals surface area contributed by atoms with Gasteiger partial charge in [0.25, 0.3) is 0 Å². The fourth-order valence-electron chi connectivity index (χ4n) is 2.57. The van der Waals surface area contributed by atoms with Crippen LogP contribution in [-0.4, -0.2) is 41.5 Å². The lowest BCUT2D eigenvalue weighted by Gasteiger charge is -2.30. The number of carbonyl (C=O) groups is 1. The number of nitrogens with one attached hydrogen (secondary N) is 1. The first-order valence-electron chi connectivity index (χ1n) is 8.22. The molecule has 128 valence electrons. The summed E-state index contributed by atoms with van der Waals surface area (Å²) in [4.78, 5) is 15.4. The summed E-state index contributed by atoms with van der Waals surface area (Å²) in [6.07, 6.45) is -0.240. The summed E-state index contributed by atoms with van der Waals surface area (Å²) in [5.41, 5.74) is 0.907. The van der Waals surface area contributed by atoms with Crippen molar-refractivity contribution >= 4 is 17.9 Å². The van der Waals surface area contributed by atoms with E-state index in [0.717, 1.165) is 12.3 Å². The third kappa shape index (κ3) is 5.15. The average molecular weight is 337 g/mol. The van der Waals surface area contributed by atoms with Crippen LogP contribution in [0.15, 0.2) is 29.2 Å². The molecule has 4 nitrogen and oxygen atoms in total. The van der Waals surface area contributed by atoms with E-state index in [-0.39, 0.29) is 12.1 Å². The molecule has 1 aromatic carbocycles. The molecule has 1 aromatic rings. The van der Waals surface area contributed by atoms with Crippen LogP contribution in [0, 0.1) is 0 Å². The molecule has 0 fully saturated rings. The molecule has 23 heavy (non-hydrogen) atoms. The van der Waals surface area contributed by atoms with Crippen LogP contribution in [0.2, 0.25) is 0 Å². The van der Waals surface area contributed by atoms with Gasteiger partial charge in [-0.05, 0) is 46.2 Å². The zero-order chi connectivity index (χ0) is 17.0. The van der Waals surface area contributed by atoms with Gasteiger partial charge in [-0.15, -0.1) is 11.8 Å². The Kier molecular flexibility index (Phi) is 5.98. The number of amides is 1. The Morgan fingerprint density at radius 1 is 1.39 bits per heavy atom. The molecule has 2 rings (SSSR count). The quantitative estimate of drug-likeness (QED) is 0.880. The van der Waals surface area contributed by atoms with E-state index in [1.54, 1.807) is 4.90 Å². The monoisotopic (exact) mass is 336 g/mol. The summed E-state index contributed by atoms with van der Waals surface area (Å²) in [7, 11) is 0. The maximum absolute atomic E-state index is 12.3. The second-order valence-corrected chi connectivity index (χ2v) is 8.18. The molecule has 1 heterocycles. The molecule has 1 aliphatic heterocycles. The number of rotatable bonds is 5. The van der Waals surface area contributed by atoms with Crippen molar-refractivity contribution in [3.8, 4) is 0 Å². The summed E-state index contributed by atoms with van der Waals surface area (Å²) in [6.45, 7) is 11.1. The van der Waals surface area contributed by atoms with Crippen molar-refractivity contribution in [3.05, 3.63) is 29.8 Å². The maximum Gasteiger partial charge on any atom is 0.410 e. The van der Waals surface area contributed by atoms with Crippen LogP contribution in [0.1, 0.15) is 46.2 Å². The lowest BCUT2D eigenvalue weighted by Crippen LogP contribution is -2.44. The highest BCUT2D eigenvalue weighted by atomic mass is 32.2. The van der Waals surface area contributed by atoms with E-state index in [1.165, 1.54) is 10.5 Å². The molecule has 0 saturated carbocycles. The normalized spacial score (nSPS) is 17.2. The topological polar surface area (TPSA) is 41.6 Å². The van der Waals surface area contributed by atoms with Gasteiger partial charge in [0.1, 0.15) is 5.60 Å². The fourth-order valence-corrected chi connectivity index (χ4v) is 3.77. The van der Waals surface area contributed by atoms with Crippen molar-refractivity contribution in [2.75, 3.05) is 18.8 Å². The smallest absolute Gasteiger partial charge is 0.410 e. The van der Waals surface area contributed by atoms with Crippen LogP contribution in [0.3, 0.4) is 0 Å². The predicted molar refractivity (Wildman–Crippen MR) is 96.0 cm³/mol.